The van der Waals surface area contributed by atoms with Crippen molar-refractivity contribution < 1.29 is 9.53 Å². The molecule has 6 heteroatoms. The maximum absolute atomic E-state index is 12.9. The molecule has 26 heavy (non-hydrogen) atoms. The third-order valence-electron chi connectivity index (χ3n) is 3.81. The van der Waals surface area contributed by atoms with Gasteiger partial charge in [-0.2, -0.15) is 0 Å². The molecule has 0 aromatic heterocycles. The van der Waals surface area contributed by atoms with Gasteiger partial charge in [0.05, 0.1) is 17.2 Å². The summed E-state index contributed by atoms with van der Waals surface area (Å²) >= 11 is 10.2. The van der Waals surface area contributed by atoms with Crippen LogP contribution in [0, 0.1) is 6.92 Å². The molecule has 1 saturated heterocycles. The van der Waals surface area contributed by atoms with Gasteiger partial charge in [0.1, 0.15) is 5.75 Å². The summed E-state index contributed by atoms with van der Waals surface area (Å²) in [5.74, 6) is 0.654. The van der Waals surface area contributed by atoms with E-state index in [1.165, 1.54) is 11.8 Å². The summed E-state index contributed by atoms with van der Waals surface area (Å²) in [7, 11) is 0. The lowest BCUT2D eigenvalue weighted by Crippen LogP contribution is -2.27. The van der Waals surface area contributed by atoms with Crippen LogP contribution in [0.3, 0.4) is 0 Å². The molecule has 134 valence electrons. The topological polar surface area (TPSA) is 29.5 Å². The summed E-state index contributed by atoms with van der Waals surface area (Å²) in [6.07, 6.45) is 2.77. The van der Waals surface area contributed by atoms with Gasteiger partial charge in [-0.3, -0.25) is 9.69 Å². The minimum Gasteiger partial charge on any atom is -0.493 e. The van der Waals surface area contributed by atoms with Gasteiger partial charge in [-0.05, 0) is 49.8 Å². The van der Waals surface area contributed by atoms with Crippen molar-refractivity contribution in [2.45, 2.75) is 20.3 Å². The van der Waals surface area contributed by atoms with E-state index in [4.69, 9.17) is 17.0 Å². The third-order valence-corrected chi connectivity index (χ3v) is 5.60. The fourth-order valence-electron chi connectivity index (χ4n) is 2.50. The van der Waals surface area contributed by atoms with Crippen LogP contribution in [0.5, 0.6) is 5.75 Å². The van der Waals surface area contributed by atoms with Crippen molar-refractivity contribution in [1.82, 2.24) is 0 Å². The molecule has 2 aromatic rings. The van der Waals surface area contributed by atoms with E-state index in [1.54, 1.807) is 4.90 Å². The van der Waals surface area contributed by atoms with Crippen LogP contribution in [0.1, 0.15) is 24.5 Å². The molecule has 3 nitrogen and oxygen atoms in total. The first-order valence-electron chi connectivity index (χ1n) is 8.26. The number of nitrogens with zero attached hydrogens (tertiary/aromatic N) is 1. The molecule has 2 aromatic carbocycles. The fraction of sp³-hybridized carbons (Fsp3) is 0.200. The first-order chi connectivity index (χ1) is 12.5. The summed E-state index contributed by atoms with van der Waals surface area (Å²) in [4.78, 5) is 15.1. The first-order valence-corrected chi connectivity index (χ1v) is 10.3. The largest absolute Gasteiger partial charge is 0.493 e. The van der Waals surface area contributed by atoms with Gasteiger partial charge in [0.25, 0.3) is 5.91 Å². The van der Waals surface area contributed by atoms with Crippen molar-refractivity contribution in [3.63, 3.8) is 0 Å². The fourth-order valence-corrected chi connectivity index (χ4v) is 4.17. The molecule has 0 N–H and O–H groups in total. The Labute approximate surface area is 171 Å². The predicted molar refractivity (Wildman–Crippen MR) is 117 cm³/mol. The van der Waals surface area contributed by atoms with Crippen molar-refractivity contribution in [2.24, 2.45) is 0 Å². The quantitative estimate of drug-likeness (QED) is 0.418. The summed E-state index contributed by atoms with van der Waals surface area (Å²) < 4.78 is 7.28. The molecule has 1 aliphatic heterocycles. The zero-order valence-electron chi connectivity index (χ0n) is 14.5. The summed E-state index contributed by atoms with van der Waals surface area (Å²) in [6, 6.07) is 13.6. The predicted octanol–water partition coefficient (Wildman–Crippen LogP) is 5.95. The van der Waals surface area contributed by atoms with E-state index in [9.17, 15) is 4.79 Å². The molecule has 0 unspecified atom stereocenters. The van der Waals surface area contributed by atoms with Crippen molar-refractivity contribution >= 4 is 61.9 Å². The van der Waals surface area contributed by atoms with Crippen LogP contribution in [0.4, 0.5) is 5.69 Å². The van der Waals surface area contributed by atoms with Gasteiger partial charge >= 0.3 is 0 Å². The highest BCUT2D eigenvalue weighted by Gasteiger charge is 2.33. The Balaban J connectivity index is 1.93. The average Bonchev–Trinajstić information content (AvgIpc) is 2.89. The van der Waals surface area contributed by atoms with E-state index in [1.807, 2.05) is 55.5 Å². The van der Waals surface area contributed by atoms with Crippen LogP contribution >= 0.6 is 39.9 Å². The number of benzene rings is 2. The normalized spacial score (nSPS) is 15.8. The molecular formula is C20H18BrNO2S2. The number of amides is 1. The SMILES string of the molecule is CCCOc1ccc(Br)cc1/C=C1\SC(=S)N(c2ccc(C)cc2)C1=O. The van der Waals surface area contributed by atoms with Gasteiger partial charge in [0, 0.05) is 10.0 Å². The van der Waals surface area contributed by atoms with E-state index in [2.05, 4.69) is 22.9 Å². The summed E-state index contributed by atoms with van der Waals surface area (Å²) in [5.41, 5.74) is 2.79. The Morgan fingerprint density at radius 2 is 1.96 bits per heavy atom. The smallest absolute Gasteiger partial charge is 0.270 e. The highest BCUT2D eigenvalue weighted by Crippen LogP contribution is 2.37. The molecule has 1 fully saturated rings. The number of ether oxygens (including phenoxy) is 1. The van der Waals surface area contributed by atoms with Gasteiger partial charge in [-0.25, -0.2) is 0 Å². The van der Waals surface area contributed by atoms with Crippen LogP contribution in [0.25, 0.3) is 6.08 Å². The first kappa shape index (κ1) is 19.1. The van der Waals surface area contributed by atoms with Crippen LogP contribution in [-0.2, 0) is 4.79 Å². The number of carbonyl (C=O) groups excluding carboxylic acids is 1. The van der Waals surface area contributed by atoms with Crippen molar-refractivity contribution in [1.29, 1.82) is 0 Å². The Morgan fingerprint density at radius 1 is 1.23 bits per heavy atom. The van der Waals surface area contributed by atoms with E-state index >= 15 is 0 Å². The van der Waals surface area contributed by atoms with Crippen LogP contribution in [0.15, 0.2) is 51.8 Å². The number of rotatable bonds is 5. The number of hydrogen-bond donors (Lipinski definition) is 0. The number of hydrogen-bond acceptors (Lipinski definition) is 4. The molecule has 1 aliphatic rings. The minimum atomic E-state index is -0.106. The van der Waals surface area contributed by atoms with Crippen molar-refractivity contribution in [2.75, 3.05) is 11.5 Å². The highest BCUT2D eigenvalue weighted by atomic mass is 79.9. The van der Waals surface area contributed by atoms with Gasteiger partial charge in [0.15, 0.2) is 4.32 Å². The van der Waals surface area contributed by atoms with Crippen molar-refractivity contribution in [3.8, 4) is 5.75 Å². The number of halogens is 1. The summed E-state index contributed by atoms with van der Waals surface area (Å²) in [5, 5.41) is 0. The standard InChI is InChI=1S/C20H18BrNO2S2/c1-3-10-24-17-9-6-15(21)11-14(17)12-18-19(23)22(20(25)26-18)16-7-4-13(2)5-8-16/h4-9,11-12H,3,10H2,1-2H3/b18-12-. The molecule has 0 saturated carbocycles. The molecule has 3 rings (SSSR count). The second kappa shape index (κ2) is 8.37. The monoisotopic (exact) mass is 447 g/mol. The molecule has 1 amide bonds. The van der Waals surface area contributed by atoms with Crippen LogP contribution in [-0.4, -0.2) is 16.8 Å². The Kier molecular flexibility index (Phi) is 6.16. The van der Waals surface area contributed by atoms with E-state index in [0.717, 1.165) is 33.5 Å². The number of thioether (sulfide) groups is 1. The lowest BCUT2D eigenvalue weighted by atomic mass is 10.1. The number of thiocarbonyl (C=S) groups is 1. The average molecular weight is 448 g/mol. The second-order valence-corrected chi connectivity index (χ2v) is 8.47. The lowest BCUT2D eigenvalue weighted by molar-refractivity contribution is -0.113. The van der Waals surface area contributed by atoms with Gasteiger partial charge in [-0.15, -0.1) is 0 Å². The van der Waals surface area contributed by atoms with Crippen LogP contribution < -0.4 is 9.64 Å². The van der Waals surface area contributed by atoms with Crippen molar-refractivity contribution in [3.05, 3.63) is 63.0 Å². The minimum absolute atomic E-state index is 0.106. The van der Waals surface area contributed by atoms with E-state index in [0.29, 0.717) is 15.8 Å². The second-order valence-electron chi connectivity index (χ2n) is 5.88. The molecule has 0 spiro atoms. The Morgan fingerprint density at radius 3 is 2.65 bits per heavy atom. The maximum atomic E-state index is 12.9. The zero-order valence-corrected chi connectivity index (χ0v) is 17.7. The van der Waals surface area contributed by atoms with E-state index < -0.39 is 0 Å². The van der Waals surface area contributed by atoms with E-state index in [-0.39, 0.29) is 5.91 Å². The van der Waals surface area contributed by atoms with Gasteiger partial charge < -0.3 is 4.74 Å². The Hall–Kier alpha value is -1.63. The van der Waals surface area contributed by atoms with Gasteiger partial charge in [-0.1, -0.05) is 64.5 Å². The third kappa shape index (κ3) is 4.19. The lowest BCUT2D eigenvalue weighted by Gasteiger charge is -2.14. The molecule has 0 aliphatic carbocycles. The zero-order chi connectivity index (χ0) is 18.7. The molecule has 1 heterocycles. The number of carbonyl (C=O) groups is 1. The molecule has 0 radical (unpaired) electrons. The van der Waals surface area contributed by atoms with Gasteiger partial charge in [0.2, 0.25) is 0 Å². The maximum Gasteiger partial charge on any atom is 0.270 e. The number of anilines is 1. The molecule has 0 atom stereocenters. The van der Waals surface area contributed by atoms with Crippen LogP contribution in [0.2, 0.25) is 0 Å². The molecular weight excluding hydrogens is 430 g/mol. The summed E-state index contributed by atoms with van der Waals surface area (Å²) in [6.45, 7) is 4.71. The number of aryl methyl sites for hydroxylation is 1. The highest BCUT2D eigenvalue weighted by molar-refractivity contribution is 9.10. The molecule has 0 bridgehead atoms. The Bertz CT molecular complexity index is 878.